The molecule has 5 nitrogen and oxygen atoms in total. The van der Waals surface area contributed by atoms with Crippen LogP contribution in [0.15, 0.2) is 59.2 Å². The summed E-state index contributed by atoms with van der Waals surface area (Å²) >= 11 is 0. The van der Waals surface area contributed by atoms with E-state index in [9.17, 15) is 14.0 Å². The average molecular weight is 381 g/mol. The maximum Gasteiger partial charge on any atom is 0.331 e. The molecule has 0 bridgehead atoms. The van der Waals surface area contributed by atoms with E-state index in [4.69, 9.17) is 9.15 Å². The number of furan rings is 1. The fraction of sp³-hybridized carbons (Fsp3) is 0.182. The molecule has 0 aliphatic rings. The number of hydrogen-bond acceptors (Lipinski definition) is 4. The minimum absolute atomic E-state index is 0.276. The molecule has 0 N–H and O–H groups in total. The molecule has 1 aromatic carbocycles. The Morgan fingerprint density at radius 1 is 1.18 bits per heavy atom. The van der Waals surface area contributed by atoms with E-state index >= 15 is 0 Å². The summed E-state index contributed by atoms with van der Waals surface area (Å²) in [5.74, 6) is -0.475. The third-order valence-electron chi connectivity index (χ3n) is 4.40. The first-order valence-electron chi connectivity index (χ1n) is 8.77. The zero-order valence-electron chi connectivity index (χ0n) is 15.6. The van der Waals surface area contributed by atoms with Crippen LogP contribution in [0.5, 0.6) is 0 Å². The van der Waals surface area contributed by atoms with Crippen LogP contribution in [-0.4, -0.2) is 22.9 Å². The van der Waals surface area contributed by atoms with Crippen molar-refractivity contribution in [3.05, 3.63) is 88.9 Å². The lowest BCUT2D eigenvalue weighted by atomic mass is 10.1. The Kier molecular flexibility index (Phi) is 5.89. The number of Topliss-reactive ketones (excluding diaryl/α,β-unsaturated/α-hetero) is 1. The molecule has 0 amide bonds. The standard InChI is InChI=1S/C22H20FNO4/c1-15-12-20(16(2)24(15)13-19-4-3-11-27-19)21(25)14-28-22(26)10-7-17-5-8-18(23)9-6-17/h3-12H,13-14H2,1-2H3/b10-7+. The molecule has 3 aromatic rings. The molecule has 0 radical (unpaired) electrons. The van der Waals surface area contributed by atoms with Crippen molar-refractivity contribution in [3.8, 4) is 0 Å². The first kappa shape index (κ1) is 19.4. The number of halogens is 1. The first-order chi connectivity index (χ1) is 13.4. The van der Waals surface area contributed by atoms with Gasteiger partial charge in [-0.1, -0.05) is 12.1 Å². The van der Waals surface area contributed by atoms with Crippen LogP contribution in [0.4, 0.5) is 4.39 Å². The summed E-state index contributed by atoms with van der Waals surface area (Å²) in [7, 11) is 0. The zero-order chi connectivity index (χ0) is 20.1. The second-order valence-electron chi connectivity index (χ2n) is 6.37. The molecule has 28 heavy (non-hydrogen) atoms. The van der Waals surface area contributed by atoms with E-state index in [1.54, 1.807) is 12.3 Å². The molecule has 3 rings (SSSR count). The lowest BCUT2D eigenvalue weighted by Gasteiger charge is -2.08. The molecule has 0 saturated carbocycles. The van der Waals surface area contributed by atoms with Gasteiger partial charge in [0.2, 0.25) is 5.78 Å². The number of esters is 1. The Hall–Kier alpha value is -3.41. The van der Waals surface area contributed by atoms with Crippen LogP contribution in [0, 0.1) is 19.7 Å². The van der Waals surface area contributed by atoms with Gasteiger partial charge in [0, 0.05) is 23.0 Å². The zero-order valence-corrected chi connectivity index (χ0v) is 15.6. The fourth-order valence-corrected chi connectivity index (χ4v) is 2.89. The molecule has 2 heterocycles. The van der Waals surface area contributed by atoms with Gasteiger partial charge in [0.05, 0.1) is 12.8 Å². The van der Waals surface area contributed by atoms with Gasteiger partial charge in [0.15, 0.2) is 6.61 Å². The van der Waals surface area contributed by atoms with E-state index in [1.165, 1.54) is 36.4 Å². The highest BCUT2D eigenvalue weighted by atomic mass is 19.1. The van der Waals surface area contributed by atoms with Crippen LogP contribution < -0.4 is 0 Å². The molecular weight excluding hydrogens is 361 g/mol. The van der Waals surface area contributed by atoms with E-state index in [-0.39, 0.29) is 18.2 Å². The lowest BCUT2D eigenvalue weighted by Crippen LogP contribution is -2.13. The number of nitrogens with zero attached hydrogens (tertiary/aromatic N) is 1. The second-order valence-corrected chi connectivity index (χ2v) is 6.37. The highest BCUT2D eigenvalue weighted by Crippen LogP contribution is 2.18. The molecule has 0 aliphatic carbocycles. The summed E-state index contributed by atoms with van der Waals surface area (Å²) in [4.78, 5) is 24.3. The number of carbonyl (C=O) groups excluding carboxylic acids is 2. The topological polar surface area (TPSA) is 61.4 Å². The van der Waals surface area contributed by atoms with Crippen molar-refractivity contribution < 1.29 is 23.1 Å². The SMILES string of the molecule is Cc1cc(C(=O)COC(=O)/C=C/c2ccc(F)cc2)c(C)n1Cc1ccco1. The summed E-state index contributed by atoms with van der Waals surface area (Å²) in [6.07, 6.45) is 4.32. The van der Waals surface area contributed by atoms with Crippen LogP contribution in [-0.2, 0) is 16.1 Å². The Morgan fingerprint density at radius 3 is 2.61 bits per heavy atom. The molecule has 0 atom stereocenters. The van der Waals surface area contributed by atoms with Gasteiger partial charge in [-0.25, -0.2) is 9.18 Å². The van der Waals surface area contributed by atoms with E-state index < -0.39 is 5.97 Å². The van der Waals surface area contributed by atoms with Crippen LogP contribution in [0.2, 0.25) is 0 Å². The Balaban J connectivity index is 1.60. The summed E-state index contributed by atoms with van der Waals surface area (Å²) in [6, 6.07) is 11.1. The van der Waals surface area contributed by atoms with Gasteiger partial charge >= 0.3 is 5.97 Å². The van der Waals surface area contributed by atoms with E-state index in [0.717, 1.165) is 17.1 Å². The van der Waals surface area contributed by atoms with Gasteiger partial charge in [-0.15, -0.1) is 0 Å². The number of ether oxygens (including phenoxy) is 1. The maximum atomic E-state index is 12.9. The van der Waals surface area contributed by atoms with Gasteiger partial charge in [0.25, 0.3) is 0 Å². The fourth-order valence-electron chi connectivity index (χ4n) is 2.89. The minimum atomic E-state index is -0.637. The van der Waals surface area contributed by atoms with Crippen molar-refractivity contribution in [1.29, 1.82) is 0 Å². The predicted octanol–water partition coefficient (Wildman–Crippen LogP) is 4.32. The van der Waals surface area contributed by atoms with Gasteiger partial charge in [0.1, 0.15) is 11.6 Å². The number of benzene rings is 1. The van der Waals surface area contributed by atoms with E-state index in [2.05, 4.69) is 0 Å². The number of carbonyl (C=O) groups is 2. The van der Waals surface area contributed by atoms with Gasteiger partial charge in [-0.05, 0) is 55.8 Å². The quantitative estimate of drug-likeness (QED) is 0.347. The lowest BCUT2D eigenvalue weighted by molar-refractivity contribution is -0.136. The number of aromatic nitrogens is 1. The summed E-state index contributed by atoms with van der Waals surface area (Å²) < 4.78 is 25.2. The number of aryl methyl sites for hydroxylation is 1. The van der Waals surface area contributed by atoms with Crippen molar-refractivity contribution >= 4 is 17.8 Å². The molecular formula is C22H20FNO4. The smallest absolute Gasteiger partial charge is 0.331 e. The normalized spacial score (nSPS) is 11.1. The number of hydrogen-bond donors (Lipinski definition) is 0. The summed E-state index contributed by atoms with van der Waals surface area (Å²) in [5.41, 5.74) is 2.88. The van der Waals surface area contributed by atoms with Crippen LogP contribution >= 0.6 is 0 Å². The Bertz CT molecular complexity index is 998. The third kappa shape index (κ3) is 4.65. The van der Waals surface area contributed by atoms with Crippen LogP contribution in [0.3, 0.4) is 0 Å². The van der Waals surface area contributed by atoms with Crippen molar-refractivity contribution in [2.24, 2.45) is 0 Å². The summed E-state index contributed by atoms with van der Waals surface area (Å²) in [5, 5.41) is 0. The molecule has 0 fully saturated rings. The van der Waals surface area contributed by atoms with Gasteiger partial charge < -0.3 is 13.7 Å². The second kappa shape index (κ2) is 8.52. The van der Waals surface area contributed by atoms with Crippen molar-refractivity contribution in [2.45, 2.75) is 20.4 Å². The molecule has 0 unspecified atom stereocenters. The van der Waals surface area contributed by atoms with E-state index in [1.807, 2.05) is 30.5 Å². The first-order valence-corrected chi connectivity index (χ1v) is 8.77. The highest BCUT2D eigenvalue weighted by Gasteiger charge is 2.17. The van der Waals surface area contributed by atoms with Crippen LogP contribution in [0.1, 0.15) is 33.1 Å². The molecule has 0 spiro atoms. The van der Waals surface area contributed by atoms with Crippen molar-refractivity contribution in [3.63, 3.8) is 0 Å². The van der Waals surface area contributed by atoms with Crippen LogP contribution in [0.25, 0.3) is 6.08 Å². The predicted molar refractivity (Wildman–Crippen MR) is 102 cm³/mol. The summed E-state index contributed by atoms with van der Waals surface area (Å²) in [6.45, 7) is 3.93. The molecule has 6 heteroatoms. The van der Waals surface area contributed by atoms with Crippen molar-refractivity contribution in [2.75, 3.05) is 6.61 Å². The minimum Gasteiger partial charge on any atom is -0.467 e. The molecule has 0 saturated heterocycles. The van der Waals surface area contributed by atoms with E-state index in [0.29, 0.717) is 17.7 Å². The maximum absolute atomic E-state index is 12.9. The molecule has 0 aliphatic heterocycles. The van der Waals surface area contributed by atoms with Gasteiger partial charge in [-0.3, -0.25) is 4.79 Å². The monoisotopic (exact) mass is 381 g/mol. The van der Waals surface area contributed by atoms with Gasteiger partial charge in [-0.2, -0.15) is 0 Å². The highest BCUT2D eigenvalue weighted by molar-refractivity contribution is 6.00. The molecule has 2 aromatic heterocycles. The third-order valence-corrected chi connectivity index (χ3v) is 4.40. The number of rotatable bonds is 7. The Labute approximate surface area is 162 Å². The number of ketones is 1. The Morgan fingerprint density at radius 2 is 1.93 bits per heavy atom. The largest absolute Gasteiger partial charge is 0.467 e. The van der Waals surface area contributed by atoms with Crippen molar-refractivity contribution in [1.82, 2.24) is 4.57 Å². The average Bonchev–Trinajstić information content (AvgIpc) is 3.29. The molecule has 144 valence electrons.